The number of aliphatic hydroxyl groups is 1. The molecule has 2 atom stereocenters. The normalized spacial score (nSPS) is 41.7. The molecule has 2 aliphatic heterocycles. The average molecular weight is 142 g/mol. The SMILES string of the molecule is O[C@@H]1CCN2CCNC[C@H]12. The Bertz CT molecular complexity index is 127. The highest BCUT2D eigenvalue weighted by atomic mass is 16.3. The van der Waals surface area contributed by atoms with Gasteiger partial charge in [-0.2, -0.15) is 0 Å². The quantitative estimate of drug-likeness (QED) is 0.456. The zero-order chi connectivity index (χ0) is 6.97. The minimum Gasteiger partial charge on any atom is -0.391 e. The smallest absolute Gasteiger partial charge is 0.0719 e. The lowest BCUT2D eigenvalue weighted by molar-refractivity contribution is 0.100. The average Bonchev–Trinajstić information content (AvgIpc) is 2.34. The highest BCUT2D eigenvalue weighted by Crippen LogP contribution is 2.18. The lowest BCUT2D eigenvalue weighted by atomic mass is 10.1. The number of nitrogens with one attached hydrogen (secondary N) is 1. The van der Waals surface area contributed by atoms with Crippen molar-refractivity contribution in [2.75, 3.05) is 26.2 Å². The Labute approximate surface area is 61.0 Å². The molecule has 0 aromatic rings. The molecule has 0 amide bonds. The predicted molar refractivity (Wildman–Crippen MR) is 38.9 cm³/mol. The third-order valence-corrected chi connectivity index (χ3v) is 2.55. The molecule has 10 heavy (non-hydrogen) atoms. The Morgan fingerprint density at radius 3 is 3.10 bits per heavy atom. The molecule has 0 aliphatic carbocycles. The second-order valence-corrected chi connectivity index (χ2v) is 3.16. The molecule has 0 spiro atoms. The van der Waals surface area contributed by atoms with Gasteiger partial charge >= 0.3 is 0 Å². The Balaban J connectivity index is 2.01. The highest BCUT2D eigenvalue weighted by molar-refractivity contribution is 4.91. The molecule has 2 rings (SSSR count). The number of rotatable bonds is 0. The van der Waals surface area contributed by atoms with Gasteiger partial charge in [-0.25, -0.2) is 0 Å². The summed E-state index contributed by atoms with van der Waals surface area (Å²) < 4.78 is 0. The summed E-state index contributed by atoms with van der Waals surface area (Å²) in [6.45, 7) is 4.26. The maximum Gasteiger partial charge on any atom is 0.0719 e. The minimum atomic E-state index is -0.0761. The van der Waals surface area contributed by atoms with Crippen molar-refractivity contribution in [1.82, 2.24) is 10.2 Å². The fraction of sp³-hybridized carbons (Fsp3) is 1.00. The third-order valence-electron chi connectivity index (χ3n) is 2.55. The van der Waals surface area contributed by atoms with Gasteiger partial charge in [0.1, 0.15) is 0 Å². The van der Waals surface area contributed by atoms with Crippen molar-refractivity contribution >= 4 is 0 Å². The van der Waals surface area contributed by atoms with E-state index in [-0.39, 0.29) is 6.10 Å². The Morgan fingerprint density at radius 1 is 1.40 bits per heavy atom. The molecule has 0 aromatic carbocycles. The number of hydrogen-bond donors (Lipinski definition) is 2. The predicted octanol–water partition coefficient (Wildman–Crippen LogP) is -0.975. The lowest BCUT2D eigenvalue weighted by Gasteiger charge is -2.31. The first-order valence-electron chi connectivity index (χ1n) is 4.01. The number of fused-ring (bicyclic) bond motifs is 1. The van der Waals surface area contributed by atoms with Crippen LogP contribution in [0.3, 0.4) is 0 Å². The summed E-state index contributed by atoms with van der Waals surface area (Å²) in [4.78, 5) is 2.38. The molecular formula is C7H14N2O. The summed E-state index contributed by atoms with van der Waals surface area (Å²) >= 11 is 0. The standard InChI is InChI=1S/C7H14N2O/c10-7-1-3-9-4-2-8-5-6(7)9/h6-8,10H,1-5H2/t6-,7-/m1/s1. The van der Waals surface area contributed by atoms with Crippen molar-refractivity contribution in [2.24, 2.45) is 0 Å². The van der Waals surface area contributed by atoms with E-state index in [0.29, 0.717) is 6.04 Å². The molecule has 0 saturated carbocycles. The number of aliphatic hydroxyl groups excluding tert-OH is 1. The molecule has 2 N–H and O–H groups in total. The van der Waals surface area contributed by atoms with Crippen LogP contribution in [0.25, 0.3) is 0 Å². The first-order chi connectivity index (χ1) is 4.88. The first-order valence-corrected chi connectivity index (χ1v) is 4.01. The molecule has 0 bridgehead atoms. The van der Waals surface area contributed by atoms with Crippen molar-refractivity contribution in [3.63, 3.8) is 0 Å². The molecule has 0 radical (unpaired) electrons. The van der Waals surface area contributed by atoms with Gasteiger partial charge in [0.25, 0.3) is 0 Å². The van der Waals surface area contributed by atoms with Gasteiger partial charge in [0.2, 0.25) is 0 Å². The van der Waals surface area contributed by atoms with Crippen molar-refractivity contribution in [2.45, 2.75) is 18.6 Å². The zero-order valence-electron chi connectivity index (χ0n) is 6.08. The van der Waals surface area contributed by atoms with Crippen LogP contribution in [0, 0.1) is 0 Å². The first kappa shape index (κ1) is 6.58. The lowest BCUT2D eigenvalue weighted by Crippen LogP contribution is -2.51. The van der Waals surface area contributed by atoms with Crippen molar-refractivity contribution in [3.8, 4) is 0 Å². The van der Waals surface area contributed by atoms with E-state index >= 15 is 0 Å². The van der Waals surface area contributed by atoms with Crippen LogP contribution < -0.4 is 5.32 Å². The van der Waals surface area contributed by atoms with E-state index < -0.39 is 0 Å². The molecule has 2 fully saturated rings. The van der Waals surface area contributed by atoms with Crippen LogP contribution in [0.15, 0.2) is 0 Å². The summed E-state index contributed by atoms with van der Waals surface area (Å²) in [5, 5.41) is 12.7. The van der Waals surface area contributed by atoms with E-state index in [1.807, 2.05) is 0 Å². The van der Waals surface area contributed by atoms with Crippen LogP contribution in [0.1, 0.15) is 6.42 Å². The van der Waals surface area contributed by atoms with Crippen LogP contribution in [-0.2, 0) is 0 Å². The molecule has 0 unspecified atom stereocenters. The van der Waals surface area contributed by atoms with Gasteiger partial charge in [-0.3, -0.25) is 4.90 Å². The Hall–Kier alpha value is -0.120. The number of piperazine rings is 1. The zero-order valence-corrected chi connectivity index (χ0v) is 6.08. The fourth-order valence-corrected chi connectivity index (χ4v) is 1.92. The van der Waals surface area contributed by atoms with Crippen molar-refractivity contribution in [1.29, 1.82) is 0 Å². The molecular weight excluding hydrogens is 128 g/mol. The largest absolute Gasteiger partial charge is 0.391 e. The van der Waals surface area contributed by atoms with Gasteiger partial charge in [-0.15, -0.1) is 0 Å². The van der Waals surface area contributed by atoms with Gasteiger partial charge in [0.15, 0.2) is 0 Å². The topological polar surface area (TPSA) is 35.5 Å². The molecule has 58 valence electrons. The molecule has 2 saturated heterocycles. The van der Waals surface area contributed by atoms with E-state index in [1.54, 1.807) is 0 Å². The monoisotopic (exact) mass is 142 g/mol. The van der Waals surface area contributed by atoms with Gasteiger partial charge in [-0.1, -0.05) is 0 Å². The fourth-order valence-electron chi connectivity index (χ4n) is 1.92. The van der Waals surface area contributed by atoms with Gasteiger partial charge in [0.05, 0.1) is 6.10 Å². The number of hydrogen-bond acceptors (Lipinski definition) is 3. The van der Waals surface area contributed by atoms with Crippen LogP contribution >= 0.6 is 0 Å². The second kappa shape index (κ2) is 2.49. The van der Waals surface area contributed by atoms with E-state index in [1.165, 1.54) is 0 Å². The molecule has 3 heteroatoms. The van der Waals surface area contributed by atoms with Crippen LogP contribution in [0.5, 0.6) is 0 Å². The molecule has 2 heterocycles. The van der Waals surface area contributed by atoms with E-state index in [0.717, 1.165) is 32.6 Å². The van der Waals surface area contributed by atoms with E-state index in [4.69, 9.17) is 0 Å². The van der Waals surface area contributed by atoms with Crippen molar-refractivity contribution in [3.05, 3.63) is 0 Å². The highest BCUT2D eigenvalue weighted by Gasteiger charge is 2.33. The third kappa shape index (κ3) is 0.944. The summed E-state index contributed by atoms with van der Waals surface area (Å²) in [6, 6.07) is 0.411. The molecule has 3 nitrogen and oxygen atoms in total. The summed E-state index contributed by atoms with van der Waals surface area (Å²) in [6.07, 6.45) is 0.889. The maximum atomic E-state index is 9.44. The minimum absolute atomic E-state index is 0.0761. The van der Waals surface area contributed by atoms with Crippen LogP contribution in [0.4, 0.5) is 0 Å². The van der Waals surface area contributed by atoms with Crippen LogP contribution in [0.2, 0.25) is 0 Å². The van der Waals surface area contributed by atoms with Gasteiger partial charge in [0, 0.05) is 32.2 Å². The van der Waals surface area contributed by atoms with E-state index in [9.17, 15) is 5.11 Å². The van der Waals surface area contributed by atoms with Gasteiger partial charge in [-0.05, 0) is 6.42 Å². The maximum absolute atomic E-state index is 9.44. The van der Waals surface area contributed by atoms with E-state index in [2.05, 4.69) is 10.2 Å². The molecule has 2 aliphatic rings. The second-order valence-electron chi connectivity index (χ2n) is 3.16. The molecule has 0 aromatic heterocycles. The van der Waals surface area contributed by atoms with Crippen molar-refractivity contribution < 1.29 is 5.11 Å². The summed E-state index contributed by atoms with van der Waals surface area (Å²) in [5.41, 5.74) is 0. The number of nitrogens with zero attached hydrogens (tertiary/aromatic N) is 1. The summed E-state index contributed by atoms with van der Waals surface area (Å²) in [7, 11) is 0. The van der Waals surface area contributed by atoms with Crippen LogP contribution in [-0.4, -0.2) is 48.3 Å². The Kier molecular flexibility index (Phi) is 1.64. The van der Waals surface area contributed by atoms with Gasteiger partial charge < -0.3 is 10.4 Å². The summed E-state index contributed by atoms with van der Waals surface area (Å²) in [5.74, 6) is 0. The Morgan fingerprint density at radius 2 is 2.30 bits per heavy atom.